The van der Waals surface area contributed by atoms with Crippen LogP contribution in [0, 0.1) is 5.92 Å². The third-order valence-corrected chi connectivity index (χ3v) is 8.81. The van der Waals surface area contributed by atoms with E-state index in [0.29, 0.717) is 30.0 Å². The van der Waals surface area contributed by atoms with Gasteiger partial charge < -0.3 is 10.3 Å². The summed E-state index contributed by atoms with van der Waals surface area (Å²) in [7, 11) is 0. The number of para-hydroxylation sites is 1. The van der Waals surface area contributed by atoms with Crippen LogP contribution in [0.25, 0.3) is 10.9 Å². The molecule has 5 aliphatic rings. The van der Waals surface area contributed by atoms with Crippen LogP contribution in [0.2, 0.25) is 0 Å². The van der Waals surface area contributed by atoms with Crippen molar-refractivity contribution in [2.75, 3.05) is 31.6 Å². The van der Waals surface area contributed by atoms with E-state index in [2.05, 4.69) is 51.3 Å². The maximum Gasteiger partial charge on any atom is 0.222 e. The average Bonchev–Trinajstić information content (AvgIpc) is 3.12. The summed E-state index contributed by atoms with van der Waals surface area (Å²) in [5.41, 5.74) is 5.55. The first-order valence-electron chi connectivity index (χ1n) is 12.9. The molecule has 2 atom stereocenters. The van der Waals surface area contributed by atoms with Crippen molar-refractivity contribution in [2.45, 2.75) is 62.7 Å². The summed E-state index contributed by atoms with van der Waals surface area (Å²) in [6, 6.07) is 9.71. The van der Waals surface area contributed by atoms with Gasteiger partial charge >= 0.3 is 0 Å². The third-order valence-electron chi connectivity index (χ3n) is 8.81. The number of H-pyrrole nitrogens is 1. The lowest BCUT2D eigenvalue weighted by molar-refractivity contribution is -0.174. The van der Waals surface area contributed by atoms with E-state index in [1.54, 1.807) is 0 Å². The zero-order chi connectivity index (χ0) is 22.9. The molecule has 7 heteroatoms. The second kappa shape index (κ2) is 7.75. The molecule has 6 nitrogen and oxygen atoms in total. The second-order valence-corrected chi connectivity index (χ2v) is 11.1. The van der Waals surface area contributed by atoms with Crippen LogP contribution >= 0.6 is 0 Å². The van der Waals surface area contributed by atoms with Crippen LogP contribution in [0.4, 0.5) is 10.3 Å². The number of fused-ring (bicyclic) bond motifs is 3. The van der Waals surface area contributed by atoms with E-state index in [9.17, 15) is 4.39 Å². The molecule has 3 saturated carbocycles. The molecule has 1 aromatic carbocycles. The molecule has 1 saturated heterocycles. The average molecular weight is 461 g/mol. The SMILES string of the molecule is C[C@@H]1Cc2c([nH]c3ccccc23)[C@@H](c2cnc(NC3CN(CCCF)C3)nc2)N1C12CC(C1)C2. The summed E-state index contributed by atoms with van der Waals surface area (Å²) in [5, 5.41) is 4.81. The number of aromatic amines is 1. The number of benzene rings is 1. The van der Waals surface area contributed by atoms with Crippen LogP contribution in [-0.4, -0.2) is 68.7 Å². The van der Waals surface area contributed by atoms with Gasteiger partial charge in [-0.05, 0) is 56.6 Å². The van der Waals surface area contributed by atoms with Gasteiger partial charge in [-0.15, -0.1) is 0 Å². The molecule has 4 heterocycles. The first-order valence-corrected chi connectivity index (χ1v) is 12.9. The Labute approximate surface area is 200 Å². The molecule has 0 spiro atoms. The van der Waals surface area contributed by atoms with Crippen molar-refractivity contribution in [1.82, 2.24) is 24.8 Å². The summed E-state index contributed by atoms with van der Waals surface area (Å²) < 4.78 is 12.4. The predicted molar refractivity (Wildman–Crippen MR) is 132 cm³/mol. The highest BCUT2D eigenvalue weighted by molar-refractivity contribution is 5.85. The summed E-state index contributed by atoms with van der Waals surface area (Å²) in [6.45, 7) is 4.86. The summed E-state index contributed by atoms with van der Waals surface area (Å²) in [6.07, 6.45) is 9.78. The molecule has 34 heavy (non-hydrogen) atoms. The fourth-order valence-corrected chi connectivity index (χ4v) is 7.14. The Morgan fingerprint density at radius 3 is 2.62 bits per heavy atom. The van der Waals surface area contributed by atoms with Gasteiger partial charge in [0.25, 0.3) is 0 Å². The minimum atomic E-state index is -0.240. The van der Waals surface area contributed by atoms with E-state index >= 15 is 0 Å². The van der Waals surface area contributed by atoms with Gasteiger partial charge in [0.2, 0.25) is 5.95 Å². The van der Waals surface area contributed by atoms with Crippen LogP contribution < -0.4 is 5.32 Å². The Morgan fingerprint density at radius 2 is 1.91 bits per heavy atom. The lowest BCUT2D eigenvalue weighted by Gasteiger charge is -2.70. The molecule has 2 N–H and O–H groups in total. The van der Waals surface area contributed by atoms with E-state index in [4.69, 9.17) is 9.97 Å². The van der Waals surface area contributed by atoms with E-state index < -0.39 is 0 Å². The van der Waals surface area contributed by atoms with Gasteiger partial charge in [-0.3, -0.25) is 14.2 Å². The second-order valence-electron chi connectivity index (χ2n) is 11.1. The first-order chi connectivity index (χ1) is 16.6. The molecule has 0 amide bonds. The number of hydrogen-bond donors (Lipinski definition) is 2. The molecule has 3 aliphatic carbocycles. The molecular weight excluding hydrogens is 427 g/mol. The molecule has 0 unspecified atom stereocenters. The van der Waals surface area contributed by atoms with E-state index in [0.717, 1.165) is 32.0 Å². The normalized spacial score (nSPS) is 30.9. The molecule has 2 aliphatic heterocycles. The van der Waals surface area contributed by atoms with E-state index in [1.165, 1.54) is 47.0 Å². The predicted octanol–water partition coefficient (Wildman–Crippen LogP) is 4.30. The van der Waals surface area contributed by atoms with E-state index in [1.807, 2.05) is 12.4 Å². The lowest BCUT2D eigenvalue weighted by Crippen LogP contribution is -2.71. The monoisotopic (exact) mass is 460 g/mol. The number of anilines is 1. The van der Waals surface area contributed by atoms with Crippen LogP contribution in [0.5, 0.6) is 0 Å². The minimum Gasteiger partial charge on any atom is -0.357 e. The number of halogens is 1. The van der Waals surface area contributed by atoms with Crippen LogP contribution in [0.3, 0.4) is 0 Å². The molecule has 4 fully saturated rings. The van der Waals surface area contributed by atoms with Crippen molar-refractivity contribution in [3.8, 4) is 0 Å². The number of nitrogens with zero attached hydrogens (tertiary/aromatic N) is 4. The van der Waals surface area contributed by atoms with Crippen molar-refractivity contribution >= 4 is 16.9 Å². The van der Waals surface area contributed by atoms with E-state index in [-0.39, 0.29) is 12.7 Å². The zero-order valence-electron chi connectivity index (χ0n) is 19.8. The van der Waals surface area contributed by atoms with Crippen molar-refractivity contribution < 1.29 is 4.39 Å². The third kappa shape index (κ3) is 3.13. The summed E-state index contributed by atoms with van der Waals surface area (Å²) in [5.74, 6) is 1.63. The number of alkyl halides is 1. The van der Waals surface area contributed by atoms with Gasteiger partial charge in [0.1, 0.15) is 0 Å². The number of aromatic nitrogens is 3. The van der Waals surface area contributed by atoms with Gasteiger partial charge in [0, 0.05) is 65.8 Å². The maximum atomic E-state index is 12.4. The largest absolute Gasteiger partial charge is 0.357 e. The minimum absolute atomic E-state index is 0.168. The van der Waals surface area contributed by atoms with Crippen molar-refractivity contribution in [3.05, 3.63) is 53.5 Å². The molecule has 3 aromatic rings. The molecule has 0 radical (unpaired) electrons. The quantitative estimate of drug-likeness (QED) is 0.551. The number of nitrogens with one attached hydrogen (secondary N) is 2. The lowest BCUT2D eigenvalue weighted by atomic mass is 9.48. The highest BCUT2D eigenvalue weighted by Gasteiger charge is 2.63. The number of hydrogen-bond acceptors (Lipinski definition) is 5. The molecule has 2 aromatic heterocycles. The standard InChI is InChI=1S/C27H33FN6/c1-17-9-22-21-5-2-3-6-23(21)32-24(22)25(34(17)27-10-18(11-27)12-27)19-13-29-26(30-14-19)31-20-15-33(16-20)8-4-7-28/h2-3,5-6,13-14,17-18,20,25,32H,4,7-12,15-16H2,1H3,(H,29,30,31)/t17-,18?,25-,27?/m1/s1. The molecule has 8 rings (SSSR count). The molecular formula is C27H33FN6. The van der Waals surface area contributed by atoms with Crippen molar-refractivity contribution in [1.29, 1.82) is 0 Å². The van der Waals surface area contributed by atoms with Crippen LogP contribution in [-0.2, 0) is 6.42 Å². The van der Waals surface area contributed by atoms with Gasteiger partial charge in [-0.25, -0.2) is 9.97 Å². The smallest absolute Gasteiger partial charge is 0.222 e. The Kier molecular flexibility index (Phi) is 4.75. The highest BCUT2D eigenvalue weighted by atomic mass is 19.1. The molecule has 2 bridgehead atoms. The van der Waals surface area contributed by atoms with Gasteiger partial charge in [0.05, 0.1) is 18.8 Å². The highest BCUT2D eigenvalue weighted by Crippen LogP contribution is 2.64. The fourth-order valence-electron chi connectivity index (χ4n) is 7.14. The fraction of sp³-hybridized carbons (Fsp3) is 0.556. The summed E-state index contributed by atoms with van der Waals surface area (Å²) in [4.78, 5) is 18.4. The Hall–Kier alpha value is -2.51. The van der Waals surface area contributed by atoms with Gasteiger partial charge in [0.15, 0.2) is 0 Å². The van der Waals surface area contributed by atoms with Crippen molar-refractivity contribution in [3.63, 3.8) is 0 Å². The number of rotatable bonds is 7. The van der Waals surface area contributed by atoms with Gasteiger partial charge in [-0.1, -0.05) is 18.2 Å². The Balaban J connectivity index is 1.18. The Morgan fingerprint density at radius 1 is 1.15 bits per heavy atom. The zero-order valence-corrected chi connectivity index (χ0v) is 19.8. The number of likely N-dealkylation sites (tertiary alicyclic amines) is 1. The topological polar surface area (TPSA) is 60.1 Å². The molecule has 178 valence electrons. The summed E-state index contributed by atoms with van der Waals surface area (Å²) >= 11 is 0. The van der Waals surface area contributed by atoms with Crippen LogP contribution in [0.1, 0.15) is 55.5 Å². The van der Waals surface area contributed by atoms with Crippen molar-refractivity contribution in [2.24, 2.45) is 5.92 Å². The Bertz CT molecular complexity index is 1180. The van der Waals surface area contributed by atoms with Crippen LogP contribution in [0.15, 0.2) is 36.7 Å². The first kappa shape index (κ1) is 20.8. The maximum absolute atomic E-state index is 12.4. The van der Waals surface area contributed by atoms with Gasteiger partial charge in [-0.2, -0.15) is 0 Å².